The zero-order valence-electron chi connectivity index (χ0n) is 14.0. The molecule has 0 aliphatic rings. The summed E-state index contributed by atoms with van der Waals surface area (Å²) in [6.45, 7) is 1.08. The Morgan fingerprint density at radius 2 is 1.80 bits per heavy atom. The summed E-state index contributed by atoms with van der Waals surface area (Å²) in [6.07, 6.45) is 0. The van der Waals surface area contributed by atoms with Crippen molar-refractivity contribution < 1.29 is 13.9 Å². The maximum absolute atomic E-state index is 6.14. The van der Waals surface area contributed by atoms with Crippen molar-refractivity contribution in [1.29, 1.82) is 0 Å². The van der Waals surface area contributed by atoms with Gasteiger partial charge in [-0.05, 0) is 29.8 Å². The summed E-state index contributed by atoms with van der Waals surface area (Å²) in [4.78, 5) is 0. The van der Waals surface area contributed by atoms with Gasteiger partial charge in [0.2, 0.25) is 11.8 Å². The van der Waals surface area contributed by atoms with Crippen LogP contribution in [0.1, 0.15) is 11.5 Å². The minimum atomic E-state index is 0.411. The van der Waals surface area contributed by atoms with Crippen LogP contribution < -0.4 is 14.8 Å². The molecule has 0 fully saturated rings. The summed E-state index contributed by atoms with van der Waals surface area (Å²) < 4.78 is 16.2. The summed E-state index contributed by atoms with van der Waals surface area (Å²) >= 11 is 6.14. The number of nitrogens with one attached hydrogen (secondary N) is 1. The largest absolute Gasteiger partial charge is 0.493 e. The summed E-state index contributed by atoms with van der Waals surface area (Å²) in [6, 6.07) is 13.1. The average molecular weight is 360 g/mol. The first-order valence-electron chi connectivity index (χ1n) is 7.70. The molecule has 0 aliphatic carbocycles. The van der Waals surface area contributed by atoms with Crippen molar-refractivity contribution in [3.05, 3.63) is 58.9 Å². The van der Waals surface area contributed by atoms with Gasteiger partial charge in [-0.2, -0.15) is 0 Å². The van der Waals surface area contributed by atoms with Crippen LogP contribution in [0.5, 0.6) is 11.5 Å². The van der Waals surface area contributed by atoms with E-state index in [1.165, 1.54) is 0 Å². The van der Waals surface area contributed by atoms with E-state index in [9.17, 15) is 0 Å². The standard InChI is InChI=1S/C18H18ClN3O3/c1-23-15-8-7-12(9-16(15)24-2)10-20-11-17-21-22-18(25-17)13-5-3-4-6-14(13)19/h3-9,20H,10-11H2,1-2H3. The molecule has 0 radical (unpaired) electrons. The molecule has 3 aromatic rings. The van der Waals surface area contributed by atoms with E-state index in [4.69, 9.17) is 25.5 Å². The molecule has 0 unspecified atom stereocenters. The molecule has 1 heterocycles. The molecular weight excluding hydrogens is 342 g/mol. The number of halogens is 1. The topological polar surface area (TPSA) is 69.4 Å². The first kappa shape index (κ1) is 17.3. The maximum Gasteiger partial charge on any atom is 0.249 e. The SMILES string of the molecule is COc1ccc(CNCc2nnc(-c3ccccc3Cl)o2)cc1OC. The number of aromatic nitrogens is 2. The van der Waals surface area contributed by atoms with Gasteiger partial charge >= 0.3 is 0 Å². The summed E-state index contributed by atoms with van der Waals surface area (Å²) in [5.41, 5.74) is 1.78. The lowest BCUT2D eigenvalue weighted by Crippen LogP contribution is -2.13. The van der Waals surface area contributed by atoms with E-state index in [-0.39, 0.29) is 0 Å². The van der Waals surface area contributed by atoms with E-state index in [0.717, 1.165) is 11.1 Å². The van der Waals surface area contributed by atoms with E-state index in [0.29, 0.717) is 41.4 Å². The first-order chi connectivity index (χ1) is 12.2. The lowest BCUT2D eigenvalue weighted by Gasteiger charge is -2.09. The monoisotopic (exact) mass is 359 g/mol. The molecule has 0 atom stereocenters. The third-order valence-electron chi connectivity index (χ3n) is 3.62. The van der Waals surface area contributed by atoms with Gasteiger partial charge in [0.25, 0.3) is 0 Å². The molecule has 0 aliphatic heterocycles. The predicted molar refractivity (Wildman–Crippen MR) is 94.8 cm³/mol. The molecule has 0 spiro atoms. The molecule has 0 saturated carbocycles. The second-order valence-electron chi connectivity index (χ2n) is 5.27. The van der Waals surface area contributed by atoms with Crippen LogP contribution >= 0.6 is 11.6 Å². The van der Waals surface area contributed by atoms with Crippen LogP contribution in [-0.2, 0) is 13.1 Å². The fourth-order valence-corrected chi connectivity index (χ4v) is 2.59. The van der Waals surface area contributed by atoms with Gasteiger partial charge in [-0.25, -0.2) is 0 Å². The van der Waals surface area contributed by atoms with Crippen LogP contribution in [0.3, 0.4) is 0 Å². The van der Waals surface area contributed by atoms with Crippen LogP contribution in [0.2, 0.25) is 5.02 Å². The highest BCUT2D eigenvalue weighted by Gasteiger charge is 2.11. The predicted octanol–water partition coefficient (Wildman–Crippen LogP) is 3.70. The smallest absolute Gasteiger partial charge is 0.249 e. The van der Waals surface area contributed by atoms with Gasteiger partial charge in [-0.3, -0.25) is 0 Å². The molecule has 3 rings (SSSR count). The summed E-state index contributed by atoms with van der Waals surface area (Å²) in [5.74, 6) is 2.30. The van der Waals surface area contributed by atoms with Crippen molar-refractivity contribution in [2.24, 2.45) is 0 Å². The number of hydrogen-bond donors (Lipinski definition) is 1. The van der Waals surface area contributed by atoms with Crippen molar-refractivity contribution in [3.8, 4) is 23.0 Å². The Bertz CT molecular complexity index is 851. The summed E-state index contributed by atoms with van der Waals surface area (Å²) in [7, 11) is 3.23. The molecule has 0 amide bonds. The lowest BCUT2D eigenvalue weighted by molar-refractivity contribution is 0.354. The quantitative estimate of drug-likeness (QED) is 0.693. The maximum atomic E-state index is 6.14. The fourth-order valence-electron chi connectivity index (χ4n) is 2.37. The van der Waals surface area contributed by atoms with E-state index in [1.807, 2.05) is 36.4 Å². The normalized spacial score (nSPS) is 10.7. The minimum absolute atomic E-state index is 0.411. The first-order valence-corrected chi connectivity index (χ1v) is 8.08. The highest BCUT2D eigenvalue weighted by molar-refractivity contribution is 6.33. The number of benzene rings is 2. The van der Waals surface area contributed by atoms with Crippen LogP contribution in [0, 0.1) is 0 Å². The van der Waals surface area contributed by atoms with Crippen LogP contribution in [-0.4, -0.2) is 24.4 Å². The van der Waals surface area contributed by atoms with Gasteiger partial charge in [0.05, 0.1) is 31.4 Å². The number of nitrogens with zero attached hydrogens (tertiary/aromatic N) is 2. The van der Waals surface area contributed by atoms with E-state index in [1.54, 1.807) is 20.3 Å². The second-order valence-corrected chi connectivity index (χ2v) is 5.68. The van der Waals surface area contributed by atoms with Crippen LogP contribution in [0.15, 0.2) is 46.9 Å². The highest BCUT2D eigenvalue weighted by Crippen LogP contribution is 2.28. The lowest BCUT2D eigenvalue weighted by atomic mass is 10.2. The van der Waals surface area contributed by atoms with Crippen molar-refractivity contribution in [1.82, 2.24) is 15.5 Å². The number of methoxy groups -OCH3 is 2. The van der Waals surface area contributed by atoms with Crippen molar-refractivity contribution >= 4 is 11.6 Å². The highest BCUT2D eigenvalue weighted by atomic mass is 35.5. The number of ether oxygens (including phenoxy) is 2. The van der Waals surface area contributed by atoms with E-state index < -0.39 is 0 Å². The zero-order valence-corrected chi connectivity index (χ0v) is 14.7. The van der Waals surface area contributed by atoms with E-state index in [2.05, 4.69) is 15.5 Å². The number of hydrogen-bond acceptors (Lipinski definition) is 6. The minimum Gasteiger partial charge on any atom is -0.493 e. The molecule has 130 valence electrons. The van der Waals surface area contributed by atoms with Crippen LogP contribution in [0.4, 0.5) is 0 Å². The molecule has 25 heavy (non-hydrogen) atoms. The van der Waals surface area contributed by atoms with Crippen molar-refractivity contribution in [2.45, 2.75) is 13.1 Å². The molecular formula is C18H18ClN3O3. The molecule has 2 aromatic carbocycles. The molecule has 0 bridgehead atoms. The Morgan fingerprint density at radius 1 is 1.00 bits per heavy atom. The molecule has 6 nitrogen and oxygen atoms in total. The van der Waals surface area contributed by atoms with Gasteiger partial charge in [-0.15, -0.1) is 10.2 Å². The Labute approximate surface area is 150 Å². The Morgan fingerprint density at radius 3 is 2.56 bits per heavy atom. The van der Waals surface area contributed by atoms with Crippen molar-refractivity contribution in [2.75, 3.05) is 14.2 Å². The van der Waals surface area contributed by atoms with E-state index >= 15 is 0 Å². The fraction of sp³-hybridized carbons (Fsp3) is 0.222. The number of rotatable bonds is 7. The molecule has 0 saturated heterocycles. The Kier molecular flexibility index (Phi) is 5.53. The van der Waals surface area contributed by atoms with Gasteiger partial charge in [-0.1, -0.05) is 29.8 Å². The third kappa shape index (κ3) is 4.10. The second kappa shape index (κ2) is 8.00. The van der Waals surface area contributed by atoms with Crippen LogP contribution in [0.25, 0.3) is 11.5 Å². The van der Waals surface area contributed by atoms with Gasteiger partial charge in [0.15, 0.2) is 11.5 Å². The summed E-state index contributed by atoms with van der Waals surface area (Å²) in [5, 5.41) is 11.9. The third-order valence-corrected chi connectivity index (χ3v) is 3.95. The zero-order chi connectivity index (χ0) is 17.6. The van der Waals surface area contributed by atoms with Gasteiger partial charge in [0, 0.05) is 6.54 Å². The Hall–Kier alpha value is -2.57. The average Bonchev–Trinajstić information content (AvgIpc) is 3.10. The molecule has 1 N–H and O–H groups in total. The van der Waals surface area contributed by atoms with Gasteiger partial charge in [0.1, 0.15) is 0 Å². The van der Waals surface area contributed by atoms with Crippen molar-refractivity contribution in [3.63, 3.8) is 0 Å². The van der Waals surface area contributed by atoms with Gasteiger partial charge < -0.3 is 19.2 Å². The Balaban J connectivity index is 1.61. The molecule has 1 aromatic heterocycles. The molecule has 7 heteroatoms.